The average molecular weight is 403 g/mol. The molecule has 1 aromatic rings. The highest BCUT2D eigenvalue weighted by Gasteiger charge is 2.35. The third kappa shape index (κ3) is 3.99. The van der Waals surface area contributed by atoms with Crippen molar-refractivity contribution in [1.29, 1.82) is 0 Å². The molecule has 30 heavy (non-hydrogen) atoms. The normalized spacial score (nSPS) is 26.4. The minimum Gasteiger partial charge on any atom is -0.507 e. The van der Waals surface area contributed by atoms with Crippen LogP contribution >= 0.6 is 0 Å². The number of terminal acetylenes is 1. The Kier molecular flexibility index (Phi) is 6.32. The molecule has 0 saturated carbocycles. The second-order valence-corrected chi connectivity index (χ2v) is 9.32. The molecule has 0 heterocycles. The Bertz CT molecular complexity index is 983. The fraction of sp³-hybridized carbons (Fsp3) is 0.429. The van der Waals surface area contributed by atoms with Gasteiger partial charge < -0.3 is 10.2 Å². The Morgan fingerprint density at radius 2 is 1.40 bits per heavy atom. The maximum atomic E-state index is 11.6. The van der Waals surface area contributed by atoms with E-state index in [0.29, 0.717) is 11.1 Å². The van der Waals surface area contributed by atoms with Gasteiger partial charge in [-0.05, 0) is 71.3 Å². The minimum atomic E-state index is -0.112. The number of allylic oxidation sites excluding steroid dienone is 6. The summed E-state index contributed by atoms with van der Waals surface area (Å²) in [5, 5.41) is 22.5. The first-order valence-electron chi connectivity index (χ1n) is 10.9. The average Bonchev–Trinajstić information content (AvgIpc) is 2.67. The lowest BCUT2D eigenvalue weighted by atomic mass is 9.70. The molecule has 2 nitrogen and oxygen atoms in total. The van der Waals surface area contributed by atoms with E-state index in [4.69, 9.17) is 6.42 Å². The minimum absolute atomic E-state index is 0.0430. The number of hydrogen-bond donors (Lipinski definition) is 2. The van der Waals surface area contributed by atoms with Crippen LogP contribution in [-0.2, 0) is 0 Å². The quantitative estimate of drug-likeness (QED) is 0.416. The van der Waals surface area contributed by atoms with Gasteiger partial charge in [-0.3, -0.25) is 0 Å². The van der Waals surface area contributed by atoms with Crippen LogP contribution in [0.15, 0.2) is 53.7 Å². The van der Waals surface area contributed by atoms with E-state index in [9.17, 15) is 10.2 Å². The van der Waals surface area contributed by atoms with Gasteiger partial charge in [0.2, 0.25) is 0 Å². The molecule has 0 saturated heterocycles. The van der Waals surface area contributed by atoms with Crippen LogP contribution in [0, 0.1) is 24.2 Å². The topological polar surface area (TPSA) is 40.5 Å². The third-order valence-electron chi connectivity index (χ3n) is 6.94. The Labute approximate surface area is 181 Å². The highest BCUT2D eigenvalue weighted by Crippen LogP contribution is 2.52. The molecule has 2 aliphatic carbocycles. The number of phenols is 2. The van der Waals surface area contributed by atoms with Crippen molar-refractivity contribution in [2.45, 2.75) is 65.2 Å². The van der Waals surface area contributed by atoms with Crippen molar-refractivity contribution in [3.63, 3.8) is 0 Å². The van der Waals surface area contributed by atoms with Crippen LogP contribution in [0.4, 0.5) is 0 Å². The summed E-state index contributed by atoms with van der Waals surface area (Å²) < 4.78 is 0. The van der Waals surface area contributed by atoms with Crippen LogP contribution in [0.2, 0.25) is 0 Å². The van der Waals surface area contributed by atoms with E-state index in [1.165, 1.54) is 11.1 Å². The maximum absolute atomic E-state index is 11.6. The van der Waals surface area contributed by atoms with Crippen molar-refractivity contribution in [1.82, 2.24) is 0 Å². The van der Waals surface area contributed by atoms with Crippen LogP contribution in [0.25, 0.3) is 0 Å². The molecule has 4 atom stereocenters. The summed E-state index contributed by atoms with van der Waals surface area (Å²) >= 11 is 0. The SMILES string of the molecule is C#Cc1cc(O)c(C2C=C(C)CCC2C(=C)C)c(O)c1C1C=C(C)CCC1C(=C)C. The van der Waals surface area contributed by atoms with Crippen molar-refractivity contribution in [3.8, 4) is 23.8 Å². The number of phenolic OH excluding ortho intramolecular Hbond substituents is 2. The van der Waals surface area contributed by atoms with E-state index in [2.05, 4.69) is 45.1 Å². The van der Waals surface area contributed by atoms with E-state index in [-0.39, 0.29) is 35.2 Å². The first-order chi connectivity index (χ1) is 14.1. The molecule has 0 spiro atoms. The van der Waals surface area contributed by atoms with Crippen LogP contribution < -0.4 is 0 Å². The Morgan fingerprint density at radius 3 is 1.83 bits per heavy atom. The summed E-state index contributed by atoms with van der Waals surface area (Å²) in [6, 6.07) is 1.66. The van der Waals surface area contributed by atoms with Gasteiger partial charge in [-0.1, -0.05) is 53.5 Å². The summed E-state index contributed by atoms with van der Waals surface area (Å²) in [7, 11) is 0. The summed E-state index contributed by atoms with van der Waals surface area (Å²) in [4.78, 5) is 0. The summed E-state index contributed by atoms with van der Waals surface area (Å²) in [6.07, 6.45) is 14.2. The monoisotopic (exact) mass is 402 g/mol. The van der Waals surface area contributed by atoms with Crippen molar-refractivity contribution in [2.24, 2.45) is 11.8 Å². The predicted molar refractivity (Wildman–Crippen MR) is 126 cm³/mol. The molecule has 2 heteroatoms. The molecule has 0 radical (unpaired) electrons. The molecule has 158 valence electrons. The molecule has 1 aromatic carbocycles. The Balaban J connectivity index is 2.27. The third-order valence-corrected chi connectivity index (χ3v) is 6.94. The molecule has 4 unspecified atom stereocenters. The van der Waals surface area contributed by atoms with Crippen LogP contribution in [0.1, 0.15) is 81.9 Å². The summed E-state index contributed by atoms with van der Waals surface area (Å²) in [5.74, 6) is 3.14. The fourth-order valence-corrected chi connectivity index (χ4v) is 5.28. The smallest absolute Gasteiger partial charge is 0.128 e. The molecular weight excluding hydrogens is 368 g/mol. The van der Waals surface area contributed by atoms with Crippen LogP contribution in [0.5, 0.6) is 11.5 Å². The lowest BCUT2D eigenvalue weighted by molar-refractivity contribution is 0.394. The first kappa shape index (κ1) is 22.0. The van der Waals surface area contributed by atoms with Gasteiger partial charge in [-0.25, -0.2) is 0 Å². The predicted octanol–water partition coefficient (Wildman–Crippen LogP) is 7.11. The van der Waals surface area contributed by atoms with Crippen LogP contribution in [-0.4, -0.2) is 10.2 Å². The molecule has 0 fully saturated rings. The first-order valence-corrected chi connectivity index (χ1v) is 10.9. The van der Waals surface area contributed by atoms with Gasteiger partial charge in [0.15, 0.2) is 0 Å². The largest absolute Gasteiger partial charge is 0.507 e. The van der Waals surface area contributed by atoms with E-state index < -0.39 is 0 Å². The van der Waals surface area contributed by atoms with Gasteiger partial charge in [0.05, 0.1) is 0 Å². The number of aromatic hydroxyl groups is 2. The van der Waals surface area contributed by atoms with Gasteiger partial charge in [-0.2, -0.15) is 0 Å². The van der Waals surface area contributed by atoms with E-state index in [0.717, 1.165) is 42.4 Å². The molecule has 2 N–H and O–H groups in total. The molecule has 2 aliphatic rings. The van der Waals surface area contributed by atoms with Gasteiger partial charge in [0, 0.05) is 28.5 Å². The van der Waals surface area contributed by atoms with Gasteiger partial charge in [0.1, 0.15) is 11.5 Å². The number of benzene rings is 1. The van der Waals surface area contributed by atoms with Gasteiger partial charge in [0.25, 0.3) is 0 Å². The zero-order valence-corrected chi connectivity index (χ0v) is 18.8. The molecule has 0 amide bonds. The highest BCUT2D eigenvalue weighted by molar-refractivity contribution is 5.62. The second-order valence-electron chi connectivity index (χ2n) is 9.32. The lowest BCUT2D eigenvalue weighted by Gasteiger charge is -2.35. The zero-order chi connectivity index (χ0) is 22.2. The molecule has 0 aliphatic heterocycles. The Morgan fingerprint density at radius 1 is 0.933 bits per heavy atom. The van der Waals surface area contributed by atoms with Crippen molar-refractivity contribution in [3.05, 3.63) is 70.4 Å². The maximum Gasteiger partial charge on any atom is 0.128 e. The molecule has 0 aromatic heterocycles. The molecule has 0 bridgehead atoms. The zero-order valence-electron chi connectivity index (χ0n) is 18.8. The van der Waals surface area contributed by atoms with Crippen LogP contribution in [0.3, 0.4) is 0 Å². The molecule has 3 rings (SSSR count). The van der Waals surface area contributed by atoms with E-state index in [1.54, 1.807) is 6.07 Å². The van der Waals surface area contributed by atoms with Crippen molar-refractivity contribution >= 4 is 0 Å². The highest BCUT2D eigenvalue weighted by atomic mass is 16.3. The standard InChI is InChI=1S/C28H34O2/c1-8-20-15-25(29)27(24-14-19(7)10-12-22(24)17(4)5)28(30)26(20)23-13-18(6)9-11-21(23)16(2)3/h1,13-15,21-24,29-30H,2,4,9-12H2,3,5-7H3. The van der Waals surface area contributed by atoms with Crippen molar-refractivity contribution < 1.29 is 10.2 Å². The van der Waals surface area contributed by atoms with Gasteiger partial charge >= 0.3 is 0 Å². The van der Waals surface area contributed by atoms with E-state index >= 15 is 0 Å². The fourth-order valence-electron chi connectivity index (χ4n) is 5.28. The summed E-state index contributed by atoms with van der Waals surface area (Å²) in [6.45, 7) is 16.7. The van der Waals surface area contributed by atoms with Crippen molar-refractivity contribution in [2.75, 3.05) is 0 Å². The van der Waals surface area contributed by atoms with E-state index in [1.807, 2.05) is 13.8 Å². The molecular formula is C28H34O2. The summed E-state index contributed by atoms with van der Waals surface area (Å²) in [5.41, 5.74) is 6.60. The number of rotatable bonds is 4. The Hall–Kier alpha value is -2.66. The number of hydrogen-bond acceptors (Lipinski definition) is 2. The van der Waals surface area contributed by atoms with Gasteiger partial charge in [-0.15, -0.1) is 6.42 Å². The second kappa shape index (κ2) is 8.60. The lowest BCUT2D eigenvalue weighted by Crippen LogP contribution is -2.20.